The summed E-state index contributed by atoms with van der Waals surface area (Å²) in [5.41, 5.74) is 8.53. The molecule has 1 saturated heterocycles. The van der Waals surface area contributed by atoms with E-state index in [9.17, 15) is 8.42 Å². The Balaban J connectivity index is 2.31. The number of aromatic nitrogens is 2. The topological polar surface area (TPSA) is 78.0 Å². The molecule has 1 fully saturated rings. The fourth-order valence-corrected chi connectivity index (χ4v) is 3.38. The van der Waals surface area contributed by atoms with E-state index in [-0.39, 0.29) is 17.5 Å². The Morgan fingerprint density at radius 3 is 2.47 bits per heavy atom. The van der Waals surface area contributed by atoms with Crippen LogP contribution in [0.1, 0.15) is 23.0 Å². The molecule has 0 aliphatic carbocycles. The van der Waals surface area contributed by atoms with E-state index in [2.05, 4.69) is 5.10 Å². The van der Waals surface area contributed by atoms with Gasteiger partial charge in [0.1, 0.15) is 0 Å². The number of nitrogens with zero attached hydrogens (tertiary/aromatic N) is 2. The van der Waals surface area contributed by atoms with Crippen LogP contribution in [0.4, 0.5) is 0 Å². The van der Waals surface area contributed by atoms with Crippen molar-refractivity contribution in [1.82, 2.24) is 9.78 Å². The SMILES string of the molecule is Cc1nn(C2CS(=O)(=O)C2)c(C)c1CN. The molecule has 0 amide bonds. The summed E-state index contributed by atoms with van der Waals surface area (Å²) >= 11 is 0. The van der Waals surface area contributed by atoms with Gasteiger partial charge in [-0.3, -0.25) is 4.68 Å². The summed E-state index contributed by atoms with van der Waals surface area (Å²) in [6, 6.07) is 0.00833. The van der Waals surface area contributed by atoms with Gasteiger partial charge in [0.2, 0.25) is 0 Å². The van der Waals surface area contributed by atoms with Crippen molar-refractivity contribution in [3.63, 3.8) is 0 Å². The van der Waals surface area contributed by atoms with Crippen LogP contribution in [0.5, 0.6) is 0 Å². The van der Waals surface area contributed by atoms with Gasteiger partial charge in [-0.1, -0.05) is 0 Å². The fraction of sp³-hybridized carbons (Fsp3) is 0.667. The van der Waals surface area contributed by atoms with Crippen molar-refractivity contribution in [3.8, 4) is 0 Å². The van der Waals surface area contributed by atoms with E-state index in [0.717, 1.165) is 17.0 Å². The van der Waals surface area contributed by atoms with Crippen LogP contribution < -0.4 is 5.73 Å². The third-order valence-corrected chi connectivity index (χ3v) is 4.70. The first kappa shape index (κ1) is 10.6. The van der Waals surface area contributed by atoms with Crippen molar-refractivity contribution in [2.45, 2.75) is 26.4 Å². The van der Waals surface area contributed by atoms with E-state index in [1.165, 1.54) is 0 Å². The average Bonchev–Trinajstić information content (AvgIpc) is 2.37. The number of hydrogen-bond donors (Lipinski definition) is 1. The average molecular weight is 229 g/mol. The van der Waals surface area contributed by atoms with E-state index in [4.69, 9.17) is 5.73 Å². The summed E-state index contributed by atoms with van der Waals surface area (Å²) in [6.07, 6.45) is 0. The second-order valence-corrected chi connectivity index (χ2v) is 6.18. The van der Waals surface area contributed by atoms with Crippen LogP contribution in [-0.2, 0) is 16.4 Å². The molecule has 1 aliphatic heterocycles. The van der Waals surface area contributed by atoms with Crippen LogP contribution in [0.2, 0.25) is 0 Å². The van der Waals surface area contributed by atoms with Crippen molar-refractivity contribution in [1.29, 1.82) is 0 Å². The van der Waals surface area contributed by atoms with E-state index in [0.29, 0.717) is 6.54 Å². The second-order valence-electron chi connectivity index (χ2n) is 4.03. The molecule has 0 atom stereocenters. The lowest BCUT2D eigenvalue weighted by atomic mass is 10.2. The molecule has 2 rings (SSSR count). The van der Waals surface area contributed by atoms with Crippen LogP contribution in [0, 0.1) is 13.8 Å². The maximum Gasteiger partial charge on any atom is 0.154 e. The Morgan fingerprint density at radius 2 is 2.07 bits per heavy atom. The Hall–Kier alpha value is -0.880. The fourth-order valence-electron chi connectivity index (χ4n) is 2.03. The Labute approximate surface area is 89.2 Å². The van der Waals surface area contributed by atoms with Crippen molar-refractivity contribution in [2.24, 2.45) is 5.73 Å². The summed E-state index contributed by atoms with van der Waals surface area (Å²) in [5.74, 6) is 0.415. The molecule has 2 heterocycles. The van der Waals surface area contributed by atoms with Crippen LogP contribution in [-0.4, -0.2) is 29.7 Å². The number of aryl methyl sites for hydroxylation is 1. The van der Waals surface area contributed by atoms with Crippen LogP contribution in [0.25, 0.3) is 0 Å². The molecule has 0 saturated carbocycles. The first-order chi connectivity index (χ1) is 6.94. The minimum absolute atomic E-state index is 0.00833. The molecule has 0 aromatic carbocycles. The Morgan fingerprint density at radius 1 is 1.47 bits per heavy atom. The standard InChI is InChI=1S/C9H15N3O2S/c1-6-9(3-10)7(2)12(11-6)8-4-15(13,14)5-8/h8H,3-5,10H2,1-2H3. The molecule has 6 heteroatoms. The highest BCUT2D eigenvalue weighted by atomic mass is 32.2. The smallest absolute Gasteiger partial charge is 0.154 e. The van der Waals surface area contributed by atoms with Crippen molar-refractivity contribution in [3.05, 3.63) is 17.0 Å². The van der Waals surface area contributed by atoms with E-state index in [1.807, 2.05) is 13.8 Å². The molecule has 5 nitrogen and oxygen atoms in total. The highest BCUT2D eigenvalue weighted by molar-refractivity contribution is 7.92. The zero-order valence-electron chi connectivity index (χ0n) is 8.90. The normalized spacial score (nSPS) is 20.2. The third-order valence-electron chi connectivity index (χ3n) is 2.92. The van der Waals surface area contributed by atoms with Gasteiger partial charge >= 0.3 is 0 Å². The minimum atomic E-state index is -2.80. The molecule has 0 bridgehead atoms. The highest BCUT2D eigenvalue weighted by Gasteiger charge is 2.36. The van der Waals surface area contributed by atoms with Gasteiger partial charge in [-0.05, 0) is 13.8 Å². The lowest BCUT2D eigenvalue weighted by molar-refractivity contribution is 0.463. The van der Waals surface area contributed by atoms with Gasteiger partial charge < -0.3 is 5.73 Å². The van der Waals surface area contributed by atoms with Gasteiger partial charge in [0, 0.05) is 17.8 Å². The van der Waals surface area contributed by atoms with Crippen LogP contribution in [0.3, 0.4) is 0 Å². The summed E-state index contributed by atoms with van der Waals surface area (Å²) in [7, 11) is -2.80. The molecule has 0 unspecified atom stereocenters. The van der Waals surface area contributed by atoms with E-state index < -0.39 is 9.84 Å². The van der Waals surface area contributed by atoms with Gasteiger partial charge in [0.25, 0.3) is 0 Å². The van der Waals surface area contributed by atoms with Gasteiger partial charge in [-0.2, -0.15) is 5.10 Å². The quantitative estimate of drug-likeness (QED) is 0.770. The molecule has 2 N–H and O–H groups in total. The van der Waals surface area contributed by atoms with Gasteiger partial charge in [0.05, 0.1) is 23.2 Å². The largest absolute Gasteiger partial charge is 0.326 e. The van der Waals surface area contributed by atoms with Crippen molar-refractivity contribution in [2.75, 3.05) is 11.5 Å². The maximum absolute atomic E-state index is 11.1. The summed E-state index contributed by atoms with van der Waals surface area (Å²) in [5, 5.41) is 4.34. The number of rotatable bonds is 2. The molecule has 0 spiro atoms. The summed E-state index contributed by atoms with van der Waals surface area (Å²) in [6.45, 7) is 4.29. The first-order valence-corrected chi connectivity index (χ1v) is 6.72. The molecule has 0 radical (unpaired) electrons. The molecule has 1 aromatic rings. The monoisotopic (exact) mass is 229 g/mol. The predicted octanol–water partition coefficient (Wildman–Crippen LogP) is -0.0719. The number of hydrogen-bond acceptors (Lipinski definition) is 4. The lowest BCUT2D eigenvalue weighted by Crippen LogP contribution is -2.39. The minimum Gasteiger partial charge on any atom is -0.326 e. The third kappa shape index (κ3) is 1.68. The second kappa shape index (κ2) is 3.31. The summed E-state index contributed by atoms with van der Waals surface area (Å²) in [4.78, 5) is 0. The van der Waals surface area contributed by atoms with Gasteiger partial charge in [-0.25, -0.2) is 8.42 Å². The predicted molar refractivity (Wildman–Crippen MR) is 57.3 cm³/mol. The number of nitrogens with two attached hydrogens (primary N) is 1. The molecular weight excluding hydrogens is 214 g/mol. The van der Waals surface area contributed by atoms with E-state index >= 15 is 0 Å². The maximum atomic E-state index is 11.1. The molecule has 1 aromatic heterocycles. The van der Waals surface area contributed by atoms with Crippen molar-refractivity contribution < 1.29 is 8.42 Å². The molecular formula is C9H15N3O2S. The zero-order valence-corrected chi connectivity index (χ0v) is 9.71. The first-order valence-electron chi connectivity index (χ1n) is 4.89. The summed E-state index contributed by atoms with van der Waals surface area (Å²) < 4.78 is 24.0. The molecule has 15 heavy (non-hydrogen) atoms. The molecule has 1 aliphatic rings. The van der Waals surface area contributed by atoms with E-state index in [1.54, 1.807) is 4.68 Å². The Kier molecular flexibility index (Phi) is 2.35. The van der Waals surface area contributed by atoms with Crippen molar-refractivity contribution >= 4 is 9.84 Å². The number of sulfone groups is 1. The zero-order chi connectivity index (χ0) is 11.2. The van der Waals surface area contributed by atoms with Gasteiger partial charge in [-0.15, -0.1) is 0 Å². The molecule has 84 valence electrons. The van der Waals surface area contributed by atoms with Crippen LogP contribution in [0.15, 0.2) is 0 Å². The van der Waals surface area contributed by atoms with Crippen LogP contribution >= 0.6 is 0 Å². The highest BCUT2D eigenvalue weighted by Crippen LogP contribution is 2.26. The lowest BCUT2D eigenvalue weighted by Gasteiger charge is -2.27. The van der Waals surface area contributed by atoms with Gasteiger partial charge in [0.15, 0.2) is 9.84 Å². The Bertz CT molecular complexity index is 478.